The first-order valence-corrected chi connectivity index (χ1v) is 25.0. The number of para-hydroxylation sites is 2. The molecule has 7 aromatic rings. The summed E-state index contributed by atoms with van der Waals surface area (Å²) in [7, 11) is 7.17. The fourth-order valence-corrected chi connectivity index (χ4v) is 7.52. The number of imidazole rings is 3. The van der Waals surface area contributed by atoms with Crippen LogP contribution in [0.2, 0.25) is 0 Å². The Hall–Kier alpha value is -6.77. The fourth-order valence-electron chi connectivity index (χ4n) is 7.52. The molecule has 72 heavy (non-hydrogen) atoms. The van der Waals surface area contributed by atoms with Crippen molar-refractivity contribution in [1.29, 1.82) is 0 Å². The number of carbonyl (C=O) groups excluding carboxylic acids is 1. The van der Waals surface area contributed by atoms with Crippen molar-refractivity contribution in [2.24, 2.45) is 36.5 Å². The van der Waals surface area contributed by atoms with E-state index in [1.807, 2.05) is 58.3 Å². The van der Waals surface area contributed by atoms with Gasteiger partial charge in [-0.15, -0.1) is 13.2 Å². The van der Waals surface area contributed by atoms with Crippen molar-refractivity contribution in [1.82, 2.24) is 44.3 Å². The number of allylic oxidation sites excluding steroid dienone is 1. The Morgan fingerprint density at radius 3 is 2.12 bits per heavy atom. The van der Waals surface area contributed by atoms with Crippen molar-refractivity contribution in [3.63, 3.8) is 0 Å². The highest BCUT2D eigenvalue weighted by molar-refractivity contribution is 5.92. The van der Waals surface area contributed by atoms with Crippen molar-refractivity contribution < 1.29 is 18.7 Å². The number of rotatable bonds is 16. The zero-order valence-corrected chi connectivity index (χ0v) is 45.4. The Balaban J connectivity index is 0.000000527. The zero-order valence-electron chi connectivity index (χ0n) is 45.4. The molecule has 14 heteroatoms. The van der Waals surface area contributed by atoms with Gasteiger partial charge in [-0.3, -0.25) is 9.47 Å². The number of H-pyrrole nitrogens is 2. The molecular formula is C58H83FN10O3. The van der Waals surface area contributed by atoms with Crippen molar-refractivity contribution in [2.45, 2.75) is 94.3 Å². The third kappa shape index (κ3) is 15.6. The van der Waals surface area contributed by atoms with E-state index in [0.29, 0.717) is 41.2 Å². The molecule has 3 aromatic carbocycles. The Labute approximate surface area is 428 Å². The lowest BCUT2D eigenvalue weighted by Crippen LogP contribution is -2.25. The molecule has 0 fully saturated rings. The van der Waals surface area contributed by atoms with Crippen molar-refractivity contribution in [3.05, 3.63) is 135 Å². The maximum absolute atomic E-state index is 16.5. The number of aryl methyl sites for hydroxylation is 1. The Morgan fingerprint density at radius 1 is 0.931 bits per heavy atom. The van der Waals surface area contributed by atoms with Crippen molar-refractivity contribution in [2.75, 3.05) is 34.3 Å². The summed E-state index contributed by atoms with van der Waals surface area (Å²) < 4.78 is 32.0. The number of nitrogens with zero attached hydrogens (tertiary/aromatic N) is 6. The van der Waals surface area contributed by atoms with Crippen LogP contribution in [0.3, 0.4) is 0 Å². The second-order valence-electron chi connectivity index (χ2n) is 18.4. The molecule has 8 rings (SSSR count). The van der Waals surface area contributed by atoms with Crippen LogP contribution in [-0.2, 0) is 29.5 Å². The van der Waals surface area contributed by atoms with E-state index in [0.717, 1.165) is 100 Å². The average Bonchev–Trinajstić information content (AvgIpc) is 4.20. The summed E-state index contributed by atoms with van der Waals surface area (Å²) in [6.07, 6.45) is 8.87. The Kier molecular flexibility index (Phi) is 24.4. The lowest BCUT2D eigenvalue weighted by molar-refractivity contribution is -0.111. The second-order valence-corrected chi connectivity index (χ2v) is 18.4. The summed E-state index contributed by atoms with van der Waals surface area (Å²) in [6.45, 7) is 34.5. The number of nitrogens with one attached hydrogen (secondary N) is 3. The maximum Gasteiger partial charge on any atom is 0.235 e. The minimum absolute atomic E-state index is 0.222. The summed E-state index contributed by atoms with van der Waals surface area (Å²) in [5.74, 6) is 5.22. The number of hydrogen-bond donors (Lipinski definition) is 4. The van der Waals surface area contributed by atoms with Crippen LogP contribution in [0.25, 0.3) is 55.7 Å². The smallest absolute Gasteiger partial charge is 0.235 e. The number of hydrogen-bond acceptors (Lipinski definition) is 9. The van der Waals surface area contributed by atoms with E-state index in [2.05, 4.69) is 148 Å². The molecule has 390 valence electrons. The number of fused-ring (bicyclic) bond motifs is 6. The zero-order chi connectivity index (χ0) is 53.7. The first kappa shape index (κ1) is 59.5. The lowest BCUT2D eigenvalue weighted by atomic mass is 9.94. The van der Waals surface area contributed by atoms with E-state index in [1.165, 1.54) is 13.5 Å². The third-order valence-corrected chi connectivity index (χ3v) is 12.4. The number of benzene rings is 3. The molecule has 0 radical (unpaired) electrons. The van der Waals surface area contributed by atoms with E-state index in [9.17, 15) is 4.79 Å². The highest BCUT2D eigenvalue weighted by Gasteiger charge is 2.34. The van der Waals surface area contributed by atoms with Gasteiger partial charge < -0.3 is 39.9 Å². The number of aldehydes is 1. The fraction of sp³-hybridized carbons (Fsp3) is 0.414. The van der Waals surface area contributed by atoms with Crippen LogP contribution in [0.4, 0.5) is 4.39 Å². The molecule has 0 spiro atoms. The van der Waals surface area contributed by atoms with Crippen LogP contribution < -0.4 is 15.8 Å². The van der Waals surface area contributed by atoms with Gasteiger partial charge in [-0.2, -0.15) is 0 Å². The molecule has 1 aliphatic rings. The quantitative estimate of drug-likeness (QED) is 0.0320. The number of ether oxygens (including phenoxy) is 2. The summed E-state index contributed by atoms with van der Waals surface area (Å²) in [4.78, 5) is 33.4. The molecule has 0 amide bonds. The number of halogens is 1. The Bertz CT molecular complexity index is 2760. The van der Waals surface area contributed by atoms with Gasteiger partial charge in [0.1, 0.15) is 29.5 Å². The first-order valence-electron chi connectivity index (χ1n) is 25.0. The maximum atomic E-state index is 16.5. The molecule has 4 aromatic heterocycles. The highest BCUT2D eigenvalue weighted by Crippen LogP contribution is 2.47. The van der Waals surface area contributed by atoms with Gasteiger partial charge in [0.15, 0.2) is 5.82 Å². The normalized spacial score (nSPS) is 12.9. The molecule has 3 atom stereocenters. The standard InChI is InChI=1S/C40H43FN8O.C6H12O.C5H11N.C4H8O.C2H4.CH5N/c1-7-14-47(5)22-37-43-21-31(45-37)26-17-28(41)38-34-18-27-16-25(30-20-42-36(44-30)15-24(4)23(2)3)12-13-32(27)49(34)40(50-35(38)19-26)39-46-29-10-8-9-11-33(29)48(39)6;1-5(2)6(3)4-7;1-3-5-6-4-2;1-4(2)5-3;2*1-2/h8-13,16-21,23-24,40H,7,14-15,22H2,1-6H3,(H,42,44)(H,43,45);4-6H,1-3H3;4,6H,2-3,5H2,1H3;1H2,2-3H3;1-2H2;2H2,1H3/t;6-;;;;/m.1..../s1. The van der Waals surface area contributed by atoms with Crippen LogP contribution in [0.5, 0.6) is 5.75 Å². The van der Waals surface area contributed by atoms with Gasteiger partial charge in [0.25, 0.3) is 0 Å². The van der Waals surface area contributed by atoms with E-state index in [1.54, 1.807) is 32.5 Å². The van der Waals surface area contributed by atoms with Crippen LogP contribution in [0.1, 0.15) is 98.9 Å². The topological polar surface area (TPSA) is 157 Å². The molecule has 0 saturated heterocycles. The van der Waals surface area contributed by atoms with Crippen LogP contribution in [0.15, 0.2) is 111 Å². The molecule has 5 heterocycles. The predicted molar refractivity (Wildman–Crippen MR) is 298 cm³/mol. The molecular weight excluding hydrogens is 904 g/mol. The average molecular weight is 987 g/mol. The molecule has 13 nitrogen and oxygen atoms in total. The van der Waals surface area contributed by atoms with Gasteiger partial charge >= 0.3 is 0 Å². The van der Waals surface area contributed by atoms with Gasteiger partial charge in [-0.25, -0.2) is 19.3 Å². The minimum Gasteiger partial charge on any atom is -0.502 e. The minimum atomic E-state index is -0.635. The Morgan fingerprint density at radius 2 is 1.57 bits per heavy atom. The monoisotopic (exact) mass is 987 g/mol. The molecule has 0 aliphatic carbocycles. The van der Waals surface area contributed by atoms with Gasteiger partial charge in [0.05, 0.1) is 71.0 Å². The SMILES string of the molecule is C=C.C=C(C)OC.C=CNCCC.CC(C)[C@H](C)C=O.CCCN(C)Cc1ncc(-c2cc(F)c3c(c2)OC(c2nc4ccccc4n2C)n2c-3cc3cc(-c4cnc(CC(C)C(C)C)[nH]4)ccc32)[nH]1.CN. The molecule has 1 aliphatic heterocycles. The molecule has 0 bridgehead atoms. The lowest BCUT2D eigenvalue weighted by Gasteiger charge is -2.30. The van der Waals surface area contributed by atoms with Crippen LogP contribution in [-0.4, -0.2) is 79.5 Å². The molecule has 2 unspecified atom stereocenters. The highest BCUT2D eigenvalue weighted by atomic mass is 19.1. The summed E-state index contributed by atoms with van der Waals surface area (Å²) in [6, 6.07) is 19.9. The summed E-state index contributed by atoms with van der Waals surface area (Å²) >= 11 is 0. The number of aromatic amines is 2. The van der Waals surface area contributed by atoms with Crippen LogP contribution in [0, 0.1) is 29.5 Å². The number of carbonyl (C=O) groups is 1. The van der Waals surface area contributed by atoms with Crippen LogP contribution >= 0.6 is 0 Å². The largest absolute Gasteiger partial charge is 0.502 e. The summed E-state index contributed by atoms with van der Waals surface area (Å²) in [5, 5.41) is 3.94. The van der Waals surface area contributed by atoms with Gasteiger partial charge in [-0.1, -0.05) is 86.7 Å². The predicted octanol–water partition coefficient (Wildman–Crippen LogP) is 12.9. The summed E-state index contributed by atoms with van der Waals surface area (Å²) in [5.41, 5.74) is 11.9. The van der Waals surface area contributed by atoms with E-state index < -0.39 is 6.23 Å². The van der Waals surface area contributed by atoms with E-state index in [4.69, 9.17) is 9.72 Å². The second kappa shape index (κ2) is 29.5. The van der Waals surface area contributed by atoms with E-state index >= 15 is 4.39 Å². The van der Waals surface area contributed by atoms with Gasteiger partial charge in [-0.05, 0) is 107 Å². The van der Waals surface area contributed by atoms with Crippen molar-refractivity contribution >= 4 is 28.2 Å². The first-order chi connectivity index (χ1) is 34.5. The number of nitrogens with two attached hydrogens (primary N) is 1. The molecule has 0 saturated carbocycles. The van der Waals surface area contributed by atoms with Gasteiger partial charge in [0.2, 0.25) is 6.23 Å². The van der Waals surface area contributed by atoms with Gasteiger partial charge in [0, 0.05) is 42.4 Å². The number of methoxy groups -OCH3 is 1. The van der Waals surface area contributed by atoms with Crippen molar-refractivity contribution in [3.8, 4) is 39.5 Å². The molecule has 5 N–H and O–H groups in total. The number of aromatic nitrogens is 7. The third-order valence-electron chi connectivity index (χ3n) is 12.4. The van der Waals surface area contributed by atoms with E-state index in [-0.39, 0.29) is 11.7 Å².